The molecule has 0 spiro atoms. The van der Waals surface area contributed by atoms with Crippen molar-refractivity contribution in [3.05, 3.63) is 71.9 Å². The summed E-state index contributed by atoms with van der Waals surface area (Å²) >= 11 is 0. The van der Waals surface area contributed by atoms with E-state index in [9.17, 15) is 9.59 Å². The molecule has 1 aliphatic heterocycles. The Hall–Kier alpha value is -3.87. The predicted molar refractivity (Wildman–Crippen MR) is 115 cm³/mol. The number of ether oxygens (including phenoxy) is 3. The van der Waals surface area contributed by atoms with Crippen molar-refractivity contribution in [2.45, 2.75) is 13.8 Å². The first-order valence-electron chi connectivity index (χ1n) is 9.41. The summed E-state index contributed by atoms with van der Waals surface area (Å²) in [5, 5.41) is 2.68. The van der Waals surface area contributed by atoms with Crippen LogP contribution >= 0.6 is 0 Å². The fourth-order valence-corrected chi connectivity index (χ4v) is 2.74. The van der Waals surface area contributed by atoms with Gasteiger partial charge >= 0.3 is 5.97 Å². The molecule has 1 N–H and O–H groups in total. The molecule has 2 aromatic rings. The molecule has 30 heavy (non-hydrogen) atoms. The van der Waals surface area contributed by atoms with Gasteiger partial charge in [-0.25, -0.2) is 9.79 Å². The summed E-state index contributed by atoms with van der Waals surface area (Å²) in [6.07, 6.45) is 3.28. The molecule has 7 heteroatoms. The van der Waals surface area contributed by atoms with Crippen molar-refractivity contribution in [3.63, 3.8) is 0 Å². The summed E-state index contributed by atoms with van der Waals surface area (Å²) in [6, 6.07) is 12.2. The number of rotatable bonds is 8. The number of cyclic esters (lactones) is 1. The number of carbonyl (C=O) groups excluding carboxylic acids is 2. The number of carbonyl (C=O) groups is 2. The van der Waals surface area contributed by atoms with E-state index in [-0.39, 0.29) is 17.5 Å². The SMILES string of the molecule is C=CCOc1ccc(/C=C2\N=C(c3ccc(NC(C)=O)cc3)OC2=O)cc1OCC. The monoisotopic (exact) mass is 406 g/mol. The number of esters is 1. The molecule has 7 nitrogen and oxygen atoms in total. The molecule has 0 atom stereocenters. The largest absolute Gasteiger partial charge is 0.490 e. The maximum absolute atomic E-state index is 12.3. The van der Waals surface area contributed by atoms with E-state index in [1.807, 2.05) is 6.92 Å². The van der Waals surface area contributed by atoms with Crippen LogP contribution in [0.25, 0.3) is 6.08 Å². The highest BCUT2D eigenvalue weighted by Gasteiger charge is 2.24. The molecule has 2 aromatic carbocycles. The first kappa shape index (κ1) is 20.9. The lowest BCUT2D eigenvalue weighted by Gasteiger charge is -2.11. The molecule has 0 fully saturated rings. The molecular weight excluding hydrogens is 384 g/mol. The number of nitrogens with one attached hydrogen (secondary N) is 1. The number of hydrogen-bond donors (Lipinski definition) is 1. The number of nitrogens with zero attached hydrogens (tertiary/aromatic N) is 1. The highest BCUT2D eigenvalue weighted by molar-refractivity contribution is 6.13. The Bertz CT molecular complexity index is 1020. The molecule has 0 radical (unpaired) electrons. The first-order chi connectivity index (χ1) is 14.5. The number of benzene rings is 2. The molecule has 0 saturated carbocycles. The highest BCUT2D eigenvalue weighted by Crippen LogP contribution is 2.30. The zero-order chi connectivity index (χ0) is 21.5. The van der Waals surface area contributed by atoms with Crippen LogP contribution in [0, 0.1) is 0 Å². The van der Waals surface area contributed by atoms with Gasteiger partial charge in [0.25, 0.3) is 0 Å². The Morgan fingerprint density at radius 1 is 1.17 bits per heavy atom. The second-order valence-electron chi connectivity index (χ2n) is 6.33. The Morgan fingerprint density at radius 3 is 2.60 bits per heavy atom. The fraction of sp³-hybridized carbons (Fsp3) is 0.174. The van der Waals surface area contributed by atoms with Crippen molar-refractivity contribution in [1.82, 2.24) is 0 Å². The average molecular weight is 406 g/mol. The van der Waals surface area contributed by atoms with Gasteiger partial charge in [-0.3, -0.25) is 4.79 Å². The van der Waals surface area contributed by atoms with Crippen molar-refractivity contribution < 1.29 is 23.8 Å². The van der Waals surface area contributed by atoms with Crippen LogP contribution in [0.15, 0.2) is 65.8 Å². The number of anilines is 1. The minimum absolute atomic E-state index is 0.162. The number of amides is 1. The van der Waals surface area contributed by atoms with Crippen molar-refractivity contribution in [2.75, 3.05) is 18.5 Å². The van der Waals surface area contributed by atoms with Crippen molar-refractivity contribution in [2.24, 2.45) is 4.99 Å². The highest BCUT2D eigenvalue weighted by atomic mass is 16.6. The molecule has 3 rings (SSSR count). The zero-order valence-corrected chi connectivity index (χ0v) is 16.8. The molecular formula is C23H22N2O5. The molecule has 0 unspecified atom stereocenters. The topological polar surface area (TPSA) is 86.2 Å². The van der Waals surface area contributed by atoms with Crippen molar-refractivity contribution >= 4 is 29.5 Å². The molecule has 0 aliphatic carbocycles. The number of hydrogen-bond acceptors (Lipinski definition) is 6. The Kier molecular flexibility index (Phi) is 6.64. The fourth-order valence-electron chi connectivity index (χ4n) is 2.74. The third kappa shape index (κ3) is 5.14. The van der Waals surface area contributed by atoms with Gasteiger partial charge in [-0.05, 0) is 55.0 Å². The second kappa shape index (κ2) is 9.56. The average Bonchev–Trinajstić information content (AvgIpc) is 3.08. The maximum Gasteiger partial charge on any atom is 0.363 e. The van der Waals surface area contributed by atoms with Gasteiger partial charge in [0.1, 0.15) is 6.61 Å². The van der Waals surface area contributed by atoms with Gasteiger partial charge in [-0.2, -0.15) is 0 Å². The van der Waals surface area contributed by atoms with E-state index in [1.165, 1.54) is 6.92 Å². The zero-order valence-electron chi connectivity index (χ0n) is 16.8. The minimum Gasteiger partial charge on any atom is -0.490 e. The third-order valence-electron chi connectivity index (χ3n) is 4.00. The van der Waals surface area contributed by atoms with Gasteiger partial charge in [-0.1, -0.05) is 18.7 Å². The van der Waals surface area contributed by atoms with Crippen LogP contribution in [0.3, 0.4) is 0 Å². The van der Waals surface area contributed by atoms with Crippen LogP contribution in [0.2, 0.25) is 0 Å². The van der Waals surface area contributed by atoms with E-state index < -0.39 is 5.97 Å². The maximum atomic E-state index is 12.3. The molecule has 1 heterocycles. The smallest absolute Gasteiger partial charge is 0.363 e. The van der Waals surface area contributed by atoms with Crippen LogP contribution in [-0.2, 0) is 14.3 Å². The first-order valence-corrected chi connectivity index (χ1v) is 9.41. The van der Waals surface area contributed by atoms with Crippen LogP contribution < -0.4 is 14.8 Å². The van der Waals surface area contributed by atoms with E-state index in [0.29, 0.717) is 36.0 Å². The van der Waals surface area contributed by atoms with Gasteiger partial charge < -0.3 is 19.5 Å². The quantitative estimate of drug-likeness (QED) is 0.407. The van der Waals surface area contributed by atoms with E-state index in [0.717, 1.165) is 5.56 Å². The summed E-state index contributed by atoms with van der Waals surface area (Å²) in [5.41, 5.74) is 2.18. The van der Waals surface area contributed by atoms with Crippen molar-refractivity contribution in [1.29, 1.82) is 0 Å². The second-order valence-corrected chi connectivity index (χ2v) is 6.33. The molecule has 0 aromatic heterocycles. The van der Waals surface area contributed by atoms with Crippen molar-refractivity contribution in [3.8, 4) is 11.5 Å². The van der Waals surface area contributed by atoms with Crippen LogP contribution in [0.4, 0.5) is 5.69 Å². The van der Waals surface area contributed by atoms with Gasteiger partial charge in [0, 0.05) is 18.2 Å². The molecule has 0 bridgehead atoms. The van der Waals surface area contributed by atoms with E-state index >= 15 is 0 Å². The summed E-state index contributed by atoms with van der Waals surface area (Å²) in [4.78, 5) is 27.7. The molecule has 1 amide bonds. The van der Waals surface area contributed by atoms with E-state index in [2.05, 4.69) is 16.9 Å². The number of aliphatic imine (C=N–C) groups is 1. The Morgan fingerprint density at radius 2 is 1.93 bits per heavy atom. The normalized spacial score (nSPS) is 14.1. The summed E-state index contributed by atoms with van der Waals surface area (Å²) in [6.45, 7) is 7.79. The summed E-state index contributed by atoms with van der Waals surface area (Å²) in [5.74, 6) is 0.664. The van der Waals surface area contributed by atoms with Gasteiger partial charge in [-0.15, -0.1) is 0 Å². The summed E-state index contributed by atoms with van der Waals surface area (Å²) in [7, 11) is 0. The van der Waals surface area contributed by atoms with E-state index in [4.69, 9.17) is 14.2 Å². The Labute approximate surface area is 174 Å². The van der Waals surface area contributed by atoms with Crippen LogP contribution in [0.1, 0.15) is 25.0 Å². The third-order valence-corrected chi connectivity index (χ3v) is 4.00. The Balaban J connectivity index is 1.83. The molecule has 1 aliphatic rings. The lowest BCUT2D eigenvalue weighted by Crippen LogP contribution is -2.07. The summed E-state index contributed by atoms with van der Waals surface area (Å²) < 4.78 is 16.5. The lowest BCUT2D eigenvalue weighted by molar-refractivity contribution is -0.129. The van der Waals surface area contributed by atoms with Crippen LogP contribution in [-0.4, -0.2) is 31.0 Å². The lowest BCUT2D eigenvalue weighted by atomic mass is 10.1. The molecule has 154 valence electrons. The standard InChI is InChI=1S/C23H22N2O5/c1-4-12-29-20-11-6-16(14-21(20)28-5-2)13-19-23(27)30-22(25-19)17-7-9-18(10-8-17)24-15(3)26/h4,6-11,13-14H,1,5,12H2,2-3H3,(H,24,26)/b19-13-. The molecule has 0 saturated heterocycles. The van der Waals surface area contributed by atoms with Gasteiger partial charge in [0.2, 0.25) is 11.8 Å². The van der Waals surface area contributed by atoms with Gasteiger partial charge in [0.15, 0.2) is 17.2 Å². The van der Waals surface area contributed by atoms with Crippen LogP contribution in [0.5, 0.6) is 11.5 Å². The van der Waals surface area contributed by atoms with Gasteiger partial charge in [0.05, 0.1) is 6.61 Å². The minimum atomic E-state index is -0.541. The predicted octanol–water partition coefficient (Wildman–Crippen LogP) is 3.95. The van der Waals surface area contributed by atoms with E-state index in [1.54, 1.807) is 54.6 Å².